The lowest BCUT2D eigenvalue weighted by atomic mass is 9.83. The average Bonchev–Trinajstić information content (AvgIpc) is 2.68. The Labute approximate surface area is 103 Å². The normalized spacial score (nSPS) is 30.7. The van der Waals surface area contributed by atoms with Gasteiger partial charge in [0.25, 0.3) is 0 Å². The maximum atomic E-state index is 10.6. The molecule has 2 atom stereocenters. The molecule has 2 heterocycles. The van der Waals surface area contributed by atoms with Crippen LogP contribution >= 0.6 is 0 Å². The largest absolute Gasteiger partial charge is 0.390 e. The van der Waals surface area contributed by atoms with Crippen LogP contribution in [-0.4, -0.2) is 45.0 Å². The first-order chi connectivity index (χ1) is 7.98. The van der Waals surface area contributed by atoms with Crippen molar-refractivity contribution in [1.29, 1.82) is 0 Å². The SMILES string of the molecule is CC1CC(O)(CCc2cnn(C)c2)CCN1C. The van der Waals surface area contributed by atoms with E-state index in [1.165, 1.54) is 5.56 Å². The zero-order valence-electron chi connectivity index (χ0n) is 11.1. The third kappa shape index (κ3) is 3.07. The summed E-state index contributed by atoms with van der Waals surface area (Å²) >= 11 is 0. The van der Waals surface area contributed by atoms with Crippen molar-refractivity contribution >= 4 is 0 Å². The number of aromatic nitrogens is 2. The molecule has 2 rings (SSSR count). The molecule has 1 aromatic heterocycles. The fourth-order valence-corrected chi connectivity index (χ4v) is 2.62. The first kappa shape index (κ1) is 12.6. The van der Waals surface area contributed by atoms with Crippen molar-refractivity contribution < 1.29 is 5.11 Å². The van der Waals surface area contributed by atoms with Gasteiger partial charge >= 0.3 is 0 Å². The number of aliphatic hydroxyl groups is 1. The van der Waals surface area contributed by atoms with E-state index < -0.39 is 5.60 Å². The van der Waals surface area contributed by atoms with Gasteiger partial charge in [0.15, 0.2) is 0 Å². The van der Waals surface area contributed by atoms with E-state index >= 15 is 0 Å². The number of aryl methyl sites for hydroxylation is 2. The highest BCUT2D eigenvalue weighted by Crippen LogP contribution is 2.29. The van der Waals surface area contributed by atoms with E-state index in [1.54, 1.807) is 0 Å². The van der Waals surface area contributed by atoms with Gasteiger partial charge < -0.3 is 10.0 Å². The fraction of sp³-hybridized carbons (Fsp3) is 0.769. The number of likely N-dealkylation sites (tertiary alicyclic amines) is 1. The van der Waals surface area contributed by atoms with Crippen molar-refractivity contribution in [3.8, 4) is 0 Å². The number of nitrogens with zero attached hydrogens (tertiary/aromatic N) is 3. The Balaban J connectivity index is 1.90. The van der Waals surface area contributed by atoms with Crippen LogP contribution in [0.5, 0.6) is 0 Å². The molecule has 1 aromatic rings. The molecule has 0 bridgehead atoms. The molecule has 0 saturated carbocycles. The number of piperidine rings is 1. The average molecular weight is 237 g/mol. The van der Waals surface area contributed by atoms with Crippen LogP contribution in [0.2, 0.25) is 0 Å². The second kappa shape index (κ2) is 4.78. The van der Waals surface area contributed by atoms with Crippen LogP contribution in [0.1, 0.15) is 31.7 Å². The monoisotopic (exact) mass is 237 g/mol. The molecule has 1 N–H and O–H groups in total. The summed E-state index contributed by atoms with van der Waals surface area (Å²) in [5.74, 6) is 0. The quantitative estimate of drug-likeness (QED) is 0.859. The topological polar surface area (TPSA) is 41.3 Å². The van der Waals surface area contributed by atoms with Crippen LogP contribution in [0, 0.1) is 0 Å². The van der Waals surface area contributed by atoms with E-state index in [0.29, 0.717) is 6.04 Å². The zero-order chi connectivity index (χ0) is 12.5. The number of rotatable bonds is 3. The van der Waals surface area contributed by atoms with Gasteiger partial charge in [-0.15, -0.1) is 0 Å². The fourth-order valence-electron chi connectivity index (χ4n) is 2.62. The first-order valence-corrected chi connectivity index (χ1v) is 6.39. The van der Waals surface area contributed by atoms with Gasteiger partial charge in [0.05, 0.1) is 11.8 Å². The zero-order valence-corrected chi connectivity index (χ0v) is 11.1. The minimum atomic E-state index is -0.484. The van der Waals surface area contributed by atoms with Crippen molar-refractivity contribution in [2.45, 2.75) is 44.2 Å². The minimum absolute atomic E-state index is 0.475. The van der Waals surface area contributed by atoms with Crippen LogP contribution in [0.15, 0.2) is 12.4 Å². The Kier molecular flexibility index (Phi) is 3.54. The summed E-state index contributed by atoms with van der Waals surface area (Å²) in [5.41, 5.74) is 0.731. The molecule has 0 aliphatic carbocycles. The van der Waals surface area contributed by atoms with Gasteiger partial charge in [-0.05, 0) is 45.2 Å². The van der Waals surface area contributed by atoms with Gasteiger partial charge in [0, 0.05) is 25.8 Å². The molecule has 96 valence electrons. The maximum Gasteiger partial charge on any atom is 0.0678 e. The lowest BCUT2D eigenvalue weighted by Crippen LogP contribution is -2.47. The third-order valence-electron chi connectivity index (χ3n) is 4.00. The number of hydrogen-bond donors (Lipinski definition) is 1. The van der Waals surface area contributed by atoms with Gasteiger partial charge in [-0.1, -0.05) is 0 Å². The smallest absolute Gasteiger partial charge is 0.0678 e. The molecule has 1 aliphatic rings. The molecule has 1 fully saturated rings. The Morgan fingerprint density at radius 3 is 2.88 bits per heavy atom. The van der Waals surface area contributed by atoms with E-state index in [0.717, 1.165) is 32.2 Å². The summed E-state index contributed by atoms with van der Waals surface area (Å²) in [4.78, 5) is 2.32. The van der Waals surface area contributed by atoms with E-state index in [2.05, 4.69) is 24.0 Å². The first-order valence-electron chi connectivity index (χ1n) is 6.39. The van der Waals surface area contributed by atoms with Crippen LogP contribution in [0.4, 0.5) is 0 Å². The second-order valence-electron chi connectivity index (χ2n) is 5.53. The van der Waals surface area contributed by atoms with Crippen LogP contribution in [0.3, 0.4) is 0 Å². The van der Waals surface area contributed by atoms with Crippen molar-refractivity contribution in [2.24, 2.45) is 7.05 Å². The third-order valence-corrected chi connectivity index (χ3v) is 4.00. The molecular formula is C13H23N3O. The molecule has 1 aliphatic heterocycles. The molecule has 1 saturated heterocycles. The van der Waals surface area contributed by atoms with Crippen LogP contribution < -0.4 is 0 Å². The van der Waals surface area contributed by atoms with Gasteiger partial charge in [0.1, 0.15) is 0 Å². The van der Waals surface area contributed by atoms with Gasteiger partial charge in [-0.3, -0.25) is 4.68 Å². The van der Waals surface area contributed by atoms with Crippen molar-refractivity contribution in [3.63, 3.8) is 0 Å². The van der Waals surface area contributed by atoms with E-state index in [4.69, 9.17) is 0 Å². The van der Waals surface area contributed by atoms with Crippen molar-refractivity contribution in [1.82, 2.24) is 14.7 Å². The molecule has 0 spiro atoms. The molecule has 4 nitrogen and oxygen atoms in total. The molecular weight excluding hydrogens is 214 g/mol. The summed E-state index contributed by atoms with van der Waals surface area (Å²) in [6.07, 6.45) is 7.44. The molecule has 0 aromatic carbocycles. The Hall–Kier alpha value is -0.870. The highest BCUT2D eigenvalue weighted by Gasteiger charge is 2.34. The predicted octanol–water partition coefficient (Wildman–Crippen LogP) is 1.20. The lowest BCUT2D eigenvalue weighted by molar-refractivity contribution is -0.0415. The summed E-state index contributed by atoms with van der Waals surface area (Å²) in [6.45, 7) is 3.18. The molecule has 4 heteroatoms. The van der Waals surface area contributed by atoms with E-state index in [1.807, 2.05) is 24.1 Å². The molecule has 0 amide bonds. The minimum Gasteiger partial charge on any atom is -0.390 e. The van der Waals surface area contributed by atoms with Gasteiger partial charge in [-0.2, -0.15) is 5.10 Å². The summed E-state index contributed by atoms with van der Waals surface area (Å²) < 4.78 is 1.82. The highest BCUT2D eigenvalue weighted by atomic mass is 16.3. The van der Waals surface area contributed by atoms with Gasteiger partial charge in [-0.25, -0.2) is 0 Å². The molecule has 17 heavy (non-hydrogen) atoms. The predicted molar refractivity (Wildman–Crippen MR) is 67.8 cm³/mol. The highest BCUT2D eigenvalue weighted by molar-refractivity contribution is 5.05. The Morgan fingerprint density at radius 2 is 2.29 bits per heavy atom. The van der Waals surface area contributed by atoms with Crippen molar-refractivity contribution in [3.05, 3.63) is 18.0 Å². The summed E-state index contributed by atoms with van der Waals surface area (Å²) in [6, 6.07) is 0.475. The second-order valence-corrected chi connectivity index (χ2v) is 5.53. The van der Waals surface area contributed by atoms with E-state index in [-0.39, 0.29) is 0 Å². The Bertz CT molecular complexity index is 376. The van der Waals surface area contributed by atoms with Crippen LogP contribution in [0.25, 0.3) is 0 Å². The molecule has 2 unspecified atom stereocenters. The maximum absolute atomic E-state index is 10.6. The summed E-state index contributed by atoms with van der Waals surface area (Å²) in [5, 5.41) is 14.7. The Morgan fingerprint density at radius 1 is 1.53 bits per heavy atom. The standard InChI is InChI=1S/C13H23N3O/c1-11-8-13(17,6-7-15(11)2)5-4-12-9-14-16(3)10-12/h9-11,17H,4-8H2,1-3H3. The van der Waals surface area contributed by atoms with Gasteiger partial charge in [0.2, 0.25) is 0 Å². The number of hydrogen-bond acceptors (Lipinski definition) is 3. The summed E-state index contributed by atoms with van der Waals surface area (Å²) in [7, 11) is 4.06. The van der Waals surface area contributed by atoms with E-state index in [9.17, 15) is 5.11 Å². The van der Waals surface area contributed by atoms with Crippen molar-refractivity contribution in [2.75, 3.05) is 13.6 Å². The van der Waals surface area contributed by atoms with Crippen LogP contribution in [-0.2, 0) is 13.5 Å². The molecule has 0 radical (unpaired) electrons. The lowest BCUT2D eigenvalue weighted by Gasteiger charge is -2.41.